The molecule has 0 heterocycles. The predicted octanol–water partition coefficient (Wildman–Crippen LogP) is 3.08. The third-order valence-electron chi connectivity index (χ3n) is 7.44. The van der Waals surface area contributed by atoms with E-state index in [4.69, 9.17) is 5.73 Å². The molecule has 0 unspecified atom stereocenters. The van der Waals surface area contributed by atoms with Crippen molar-refractivity contribution in [2.24, 2.45) is 23.0 Å². The fourth-order valence-corrected chi connectivity index (χ4v) is 6.11. The number of amides is 1. The lowest BCUT2D eigenvalue weighted by Crippen LogP contribution is -2.52. The maximum atomic E-state index is 12.1. The Bertz CT molecular complexity index is 686. The highest BCUT2D eigenvalue weighted by atomic mass is 16.3. The Hall–Kier alpha value is -1.55. The van der Waals surface area contributed by atoms with Crippen LogP contribution in [0.4, 0.5) is 0 Å². The summed E-state index contributed by atoms with van der Waals surface area (Å²) >= 11 is 0. The van der Waals surface area contributed by atoms with Crippen LogP contribution in [-0.2, 0) is 11.2 Å². The first-order valence-electron chi connectivity index (χ1n) is 9.78. The van der Waals surface area contributed by atoms with Crippen molar-refractivity contribution in [3.05, 3.63) is 29.3 Å². The molecule has 0 saturated heterocycles. The number of phenolic OH excluding ortho intramolecular Hbond substituents is 1. The monoisotopic (exact) mass is 342 g/mol. The second-order valence-electron chi connectivity index (χ2n) is 8.77. The molecule has 0 bridgehead atoms. The molecule has 2 saturated carbocycles. The number of benzene rings is 1. The molecule has 1 aromatic carbocycles. The summed E-state index contributed by atoms with van der Waals surface area (Å²) in [5, 5.41) is 13.0. The summed E-state index contributed by atoms with van der Waals surface area (Å²) in [6, 6.07) is 5.77. The van der Waals surface area contributed by atoms with E-state index in [1.165, 1.54) is 30.4 Å². The van der Waals surface area contributed by atoms with Crippen molar-refractivity contribution < 1.29 is 9.90 Å². The molecule has 4 rings (SSSR count). The van der Waals surface area contributed by atoms with Gasteiger partial charge in [0.2, 0.25) is 5.91 Å². The SMILES string of the molecule is C[C@H](N)C(=O)N[C@H]1CC[C@H]2[C@@H]3CCc4cc(O)ccc4[C@H]3CC[C@]12C. The number of hydrogen-bond acceptors (Lipinski definition) is 3. The lowest BCUT2D eigenvalue weighted by Gasteiger charge is -2.51. The van der Waals surface area contributed by atoms with E-state index in [1.54, 1.807) is 6.92 Å². The van der Waals surface area contributed by atoms with Gasteiger partial charge in [0.25, 0.3) is 0 Å². The van der Waals surface area contributed by atoms with E-state index >= 15 is 0 Å². The minimum Gasteiger partial charge on any atom is -0.508 e. The minimum atomic E-state index is -0.437. The van der Waals surface area contributed by atoms with E-state index < -0.39 is 6.04 Å². The number of fused-ring (bicyclic) bond motifs is 5. The summed E-state index contributed by atoms with van der Waals surface area (Å²) in [6.45, 7) is 4.15. The first kappa shape index (κ1) is 16.9. The molecule has 136 valence electrons. The number of carbonyl (C=O) groups is 1. The Balaban J connectivity index is 1.58. The van der Waals surface area contributed by atoms with Gasteiger partial charge in [0.15, 0.2) is 0 Å². The third-order valence-corrected chi connectivity index (χ3v) is 7.44. The maximum Gasteiger partial charge on any atom is 0.236 e. The Morgan fingerprint density at radius 3 is 2.88 bits per heavy atom. The van der Waals surface area contributed by atoms with Crippen molar-refractivity contribution in [1.82, 2.24) is 5.32 Å². The fraction of sp³-hybridized carbons (Fsp3) is 0.667. The zero-order valence-electron chi connectivity index (χ0n) is 15.3. The normalized spacial score (nSPS) is 37.6. The molecule has 6 atom stereocenters. The molecule has 0 aliphatic heterocycles. The number of phenols is 1. The van der Waals surface area contributed by atoms with Crippen LogP contribution in [0.2, 0.25) is 0 Å². The van der Waals surface area contributed by atoms with E-state index in [2.05, 4.69) is 18.3 Å². The number of aromatic hydroxyl groups is 1. The van der Waals surface area contributed by atoms with Gasteiger partial charge in [0.1, 0.15) is 5.75 Å². The average Bonchev–Trinajstić information content (AvgIpc) is 2.91. The number of rotatable bonds is 2. The van der Waals surface area contributed by atoms with Crippen molar-refractivity contribution in [1.29, 1.82) is 0 Å². The summed E-state index contributed by atoms with van der Waals surface area (Å²) in [5.74, 6) is 2.36. The summed E-state index contributed by atoms with van der Waals surface area (Å²) in [6.07, 6.45) is 6.88. The minimum absolute atomic E-state index is 0.0153. The Morgan fingerprint density at radius 2 is 2.12 bits per heavy atom. The molecule has 1 amide bonds. The zero-order valence-corrected chi connectivity index (χ0v) is 15.3. The van der Waals surface area contributed by atoms with Gasteiger partial charge in [-0.1, -0.05) is 13.0 Å². The van der Waals surface area contributed by atoms with E-state index in [1.807, 2.05) is 12.1 Å². The Labute approximate surface area is 150 Å². The van der Waals surface area contributed by atoms with Crippen LogP contribution in [0.1, 0.15) is 63.0 Å². The highest BCUT2D eigenvalue weighted by Crippen LogP contribution is 2.60. The number of nitrogens with one attached hydrogen (secondary N) is 1. The van der Waals surface area contributed by atoms with Crippen LogP contribution in [0, 0.1) is 17.3 Å². The molecule has 4 nitrogen and oxygen atoms in total. The van der Waals surface area contributed by atoms with Crippen molar-refractivity contribution >= 4 is 5.91 Å². The van der Waals surface area contributed by atoms with Crippen LogP contribution in [0.15, 0.2) is 18.2 Å². The Morgan fingerprint density at radius 1 is 1.32 bits per heavy atom. The largest absolute Gasteiger partial charge is 0.508 e. The standard InChI is InChI=1S/C21H30N2O2/c1-12(22)20(25)23-19-8-7-18-17-5-3-13-11-14(24)4-6-15(13)16(17)9-10-21(18,19)2/h4,6,11-12,16-19,24H,3,5,7-10,22H2,1-2H3,(H,23,25)/t12-,16+,17+,18-,19-,21-/m0/s1. The molecule has 0 radical (unpaired) electrons. The summed E-state index contributed by atoms with van der Waals surface area (Å²) in [4.78, 5) is 12.1. The lowest BCUT2D eigenvalue weighted by molar-refractivity contribution is -0.123. The molecule has 3 aliphatic carbocycles. The van der Waals surface area contributed by atoms with Crippen LogP contribution in [-0.4, -0.2) is 23.1 Å². The van der Waals surface area contributed by atoms with Gasteiger partial charge in [-0.25, -0.2) is 0 Å². The number of carbonyl (C=O) groups excluding carboxylic acids is 1. The van der Waals surface area contributed by atoms with Crippen LogP contribution in [0.5, 0.6) is 5.75 Å². The molecule has 25 heavy (non-hydrogen) atoms. The number of aryl methyl sites for hydroxylation is 1. The zero-order chi connectivity index (χ0) is 17.8. The number of hydrogen-bond donors (Lipinski definition) is 3. The second-order valence-corrected chi connectivity index (χ2v) is 8.77. The van der Waals surface area contributed by atoms with E-state index in [0.717, 1.165) is 19.3 Å². The van der Waals surface area contributed by atoms with Crippen LogP contribution in [0.3, 0.4) is 0 Å². The average molecular weight is 342 g/mol. The van der Waals surface area contributed by atoms with Crippen molar-refractivity contribution in [2.75, 3.05) is 0 Å². The highest BCUT2D eigenvalue weighted by molar-refractivity contribution is 5.81. The quantitative estimate of drug-likeness (QED) is 0.773. The van der Waals surface area contributed by atoms with Gasteiger partial charge in [-0.15, -0.1) is 0 Å². The van der Waals surface area contributed by atoms with Crippen molar-refractivity contribution in [2.45, 2.75) is 70.4 Å². The number of nitrogens with two attached hydrogens (primary N) is 1. The smallest absolute Gasteiger partial charge is 0.236 e. The van der Waals surface area contributed by atoms with E-state index in [9.17, 15) is 9.90 Å². The van der Waals surface area contributed by atoms with Gasteiger partial charge in [0, 0.05) is 6.04 Å². The van der Waals surface area contributed by atoms with E-state index in [0.29, 0.717) is 23.5 Å². The van der Waals surface area contributed by atoms with Gasteiger partial charge in [-0.05, 0) is 91.9 Å². The first-order chi connectivity index (χ1) is 11.9. The van der Waals surface area contributed by atoms with Crippen LogP contribution < -0.4 is 11.1 Å². The lowest BCUT2D eigenvalue weighted by atomic mass is 9.55. The van der Waals surface area contributed by atoms with Crippen molar-refractivity contribution in [3.63, 3.8) is 0 Å². The van der Waals surface area contributed by atoms with Gasteiger partial charge >= 0.3 is 0 Å². The van der Waals surface area contributed by atoms with Gasteiger partial charge < -0.3 is 16.2 Å². The van der Waals surface area contributed by atoms with Crippen LogP contribution in [0.25, 0.3) is 0 Å². The molecular formula is C21H30N2O2. The summed E-state index contributed by atoms with van der Waals surface area (Å²) in [5.41, 5.74) is 8.75. The highest BCUT2D eigenvalue weighted by Gasteiger charge is 2.55. The van der Waals surface area contributed by atoms with Gasteiger partial charge in [-0.2, -0.15) is 0 Å². The second kappa shape index (κ2) is 6.01. The summed E-state index contributed by atoms with van der Waals surface area (Å²) < 4.78 is 0. The Kier molecular flexibility index (Phi) is 4.06. The molecule has 2 fully saturated rings. The molecule has 1 aromatic rings. The molecule has 0 aromatic heterocycles. The molecule has 4 heteroatoms. The maximum absolute atomic E-state index is 12.1. The fourth-order valence-electron chi connectivity index (χ4n) is 6.11. The van der Waals surface area contributed by atoms with Gasteiger partial charge in [0.05, 0.1) is 6.04 Å². The third kappa shape index (κ3) is 2.66. The predicted molar refractivity (Wildman–Crippen MR) is 98.3 cm³/mol. The molecule has 4 N–H and O–H groups in total. The molecule has 3 aliphatic rings. The van der Waals surface area contributed by atoms with Crippen molar-refractivity contribution in [3.8, 4) is 5.75 Å². The van der Waals surface area contributed by atoms with Gasteiger partial charge in [-0.3, -0.25) is 4.79 Å². The molecular weight excluding hydrogens is 312 g/mol. The van der Waals surface area contributed by atoms with Crippen LogP contribution >= 0.6 is 0 Å². The topological polar surface area (TPSA) is 75.4 Å². The first-order valence-corrected chi connectivity index (χ1v) is 9.78. The van der Waals surface area contributed by atoms with E-state index in [-0.39, 0.29) is 17.4 Å². The molecule has 0 spiro atoms. The summed E-state index contributed by atoms with van der Waals surface area (Å²) in [7, 11) is 0.